The molecule has 0 aliphatic rings. The average Bonchev–Trinajstić information content (AvgIpc) is 2.15. The van der Waals surface area contributed by atoms with Gasteiger partial charge in [-0.05, 0) is 18.1 Å². The first-order valence-electron chi connectivity index (χ1n) is 4.67. The second kappa shape index (κ2) is 4.74. The molecule has 1 aromatic carbocycles. The first-order chi connectivity index (χ1) is 7.04. The van der Waals surface area contributed by atoms with Gasteiger partial charge in [-0.2, -0.15) is 5.26 Å². The molecule has 0 aliphatic carbocycles. The van der Waals surface area contributed by atoms with Crippen LogP contribution in [0.5, 0.6) is 0 Å². The highest BCUT2D eigenvalue weighted by molar-refractivity contribution is 5.50. The van der Waals surface area contributed by atoms with Gasteiger partial charge >= 0.3 is 0 Å². The number of anilines is 1. The molecule has 2 nitrogen and oxygen atoms in total. The van der Waals surface area contributed by atoms with Crippen molar-refractivity contribution < 1.29 is 8.78 Å². The summed E-state index contributed by atoms with van der Waals surface area (Å²) in [5.74, 6) is -1.17. The molecule has 4 heteroatoms. The fourth-order valence-electron chi connectivity index (χ4n) is 1.11. The summed E-state index contributed by atoms with van der Waals surface area (Å²) in [7, 11) is 0. The van der Waals surface area contributed by atoms with Crippen LogP contribution in [0.15, 0.2) is 12.1 Å². The lowest BCUT2D eigenvalue weighted by Crippen LogP contribution is -2.10. The zero-order valence-corrected chi connectivity index (χ0v) is 8.64. The van der Waals surface area contributed by atoms with Crippen LogP contribution in [-0.4, -0.2) is 6.54 Å². The molecular formula is C11H12F2N2. The number of rotatable bonds is 3. The highest BCUT2D eigenvalue weighted by atomic mass is 19.1. The van der Waals surface area contributed by atoms with Crippen LogP contribution in [0.2, 0.25) is 0 Å². The van der Waals surface area contributed by atoms with Crippen LogP contribution in [0.25, 0.3) is 0 Å². The average molecular weight is 210 g/mol. The maximum Gasteiger partial charge on any atom is 0.150 e. The molecule has 0 aliphatic heterocycles. The zero-order chi connectivity index (χ0) is 11.4. The Balaban J connectivity index is 2.94. The van der Waals surface area contributed by atoms with E-state index in [1.54, 1.807) is 6.07 Å². The summed E-state index contributed by atoms with van der Waals surface area (Å²) in [4.78, 5) is 0. The summed E-state index contributed by atoms with van der Waals surface area (Å²) in [6.07, 6.45) is 0. The number of nitriles is 1. The van der Waals surface area contributed by atoms with Crippen LogP contribution < -0.4 is 5.32 Å². The lowest BCUT2D eigenvalue weighted by Gasteiger charge is -2.10. The van der Waals surface area contributed by atoms with Gasteiger partial charge in [0.1, 0.15) is 5.69 Å². The third kappa shape index (κ3) is 2.91. The van der Waals surface area contributed by atoms with E-state index >= 15 is 0 Å². The van der Waals surface area contributed by atoms with Crippen molar-refractivity contribution in [2.45, 2.75) is 13.8 Å². The summed E-state index contributed by atoms with van der Waals surface area (Å²) in [5.41, 5.74) is -0.178. The van der Waals surface area contributed by atoms with E-state index in [4.69, 9.17) is 5.26 Å². The lowest BCUT2D eigenvalue weighted by atomic mass is 10.2. The molecule has 0 aromatic heterocycles. The van der Waals surface area contributed by atoms with E-state index in [1.807, 2.05) is 13.8 Å². The van der Waals surface area contributed by atoms with Crippen molar-refractivity contribution in [3.8, 4) is 6.07 Å². The first kappa shape index (κ1) is 11.4. The van der Waals surface area contributed by atoms with Crippen molar-refractivity contribution >= 4 is 5.69 Å². The topological polar surface area (TPSA) is 35.8 Å². The van der Waals surface area contributed by atoms with E-state index in [9.17, 15) is 8.78 Å². The van der Waals surface area contributed by atoms with Gasteiger partial charge in [-0.15, -0.1) is 0 Å². The first-order valence-corrected chi connectivity index (χ1v) is 4.67. The molecule has 1 rings (SSSR count). The molecule has 0 fully saturated rings. The Hall–Kier alpha value is -1.63. The maximum absolute atomic E-state index is 13.3. The third-order valence-electron chi connectivity index (χ3n) is 1.86. The summed E-state index contributed by atoms with van der Waals surface area (Å²) in [6, 6.07) is 3.73. The fourth-order valence-corrected chi connectivity index (χ4v) is 1.11. The van der Waals surface area contributed by atoms with Gasteiger partial charge in [0.25, 0.3) is 0 Å². The lowest BCUT2D eigenvalue weighted by molar-refractivity contribution is 0.582. The molecule has 0 radical (unpaired) electrons. The van der Waals surface area contributed by atoms with Crippen LogP contribution in [0.4, 0.5) is 14.5 Å². The molecule has 0 unspecified atom stereocenters. The van der Waals surface area contributed by atoms with Crippen LogP contribution in [-0.2, 0) is 0 Å². The predicted molar refractivity (Wildman–Crippen MR) is 54.4 cm³/mol. The van der Waals surface area contributed by atoms with Crippen molar-refractivity contribution in [2.24, 2.45) is 5.92 Å². The largest absolute Gasteiger partial charge is 0.380 e. The summed E-state index contributed by atoms with van der Waals surface area (Å²) in [6.45, 7) is 4.36. The summed E-state index contributed by atoms with van der Waals surface area (Å²) < 4.78 is 26.6. The van der Waals surface area contributed by atoms with Crippen LogP contribution in [0.1, 0.15) is 19.4 Å². The molecule has 15 heavy (non-hydrogen) atoms. The number of hydrogen-bond acceptors (Lipinski definition) is 2. The van der Waals surface area contributed by atoms with E-state index in [0.29, 0.717) is 12.5 Å². The second-order valence-electron chi connectivity index (χ2n) is 3.70. The van der Waals surface area contributed by atoms with Gasteiger partial charge in [-0.3, -0.25) is 0 Å². The Kier molecular flexibility index (Phi) is 3.62. The van der Waals surface area contributed by atoms with Crippen molar-refractivity contribution in [2.75, 3.05) is 11.9 Å². The van der Waals surface area contributed by atoms with Crippen molar-refractivity contribution in [3.05, 3.63) is 29.3 Å². The maximum atomic E-state index is 13.3. The highest BCUT2D eigenvalue weighted by Gasteiger charge is 2.10. The number of nitrogens with one attached hydrogen (secondary N) is 1. The van der Waals surface area contributed by atoms with Crippen molar-refractivity contribution in [1.82, 2.24) is 0 Å². The molecule has 0 saturated carbocycles. The minimum absolute atomic E-state index is 0.0138. The number of nitrogens with zero attached hydrogens (tertiary/aromatic N) is 1. The minimum Gasteiger partial charge on any atom is -0.380 e. The van der Waals surface area contributed by atoms with Crippen LogP contribution in [0, 0.1) is 28.9 Å². The van der Waals surface area contributed by atoms with Crippen molar-refractivity contribution in [3.63, 3.8) is 0 Å². The van der Waals surface area contributed by atoms with E-state index < -0.39 is 11.6 Å². The third-order valence-corrected chi connectivity index (χ3v) is 1.86. The summed E-state index contributed by atoms with van der Waals surface area (Å²) >= 11 is 0. The smallest absolute Gasteiger partial charge is 0.150 e. The van der Waals surface area contributed by atoms with Gasteiger partial charge in [-0.25, -0.2) is 8.78 Å². The Morgan fingerprint density at radius 2 is 1.87 bits per heavy atom. The molecule has 0 heterocycles. The van der Waals surface area contributed by atoms with E-state index in [1.165, 1.54) is 0 Å². The van der Waals surface area contributed by atoms with Crippen LogP contribution >= 0.6 is 0 Å². The monoisotopic (exact) mass is 210 g/mol. The number of hydrogen-bond donors (Lipinski definition) is 1. The van der Waals surface area contributed by atoms with Gasteiger partial charge in [0.15, 0.2) is 11.6 Å². The predicted octanol–water partition coefficient (Wildman–Crippen LogP) is 2.90. The molecular weight excluding hydrogens is 198 g/mol. The molecule has 0 bridgehead atoms. The highest BCUT2D eigenvalue weighted by Crippen LogP contribution is 2.20. The normalized spacial score (nSPS) is 10.1. The molecule has 0 spiro atoms. The Morgan fingerprint density at radius 3 is 2.27 bits per heavy atom. The van der Waals surface area contributed by atoms with Gasteiger partial charge < -0.3 is 5.32 Å². The molecule has 0 saturated heterocycles. The second-order valence-corrected chi connectivity index (χ2v) is 3.70. The summed E-state index contributed by atoms with van der Waals surface area (Å²) in [5, 5.41) is 11.2. The van der Waals surface area contributed by atoms with Gasteiger partial charge in [-0.1, -0.05) is 13.8 Å². The van der Waals surface area contributed by atoms with Gasteiger partial charge in [0.2, 0.25) is 0 Å². The Bertz CT molecular complexity index is 371. The quantitative estimate of drug-likeness (QED) is 0.832. The molecule has 0 atom stereocenters. The van der Waals surface area contributed by atoms with Gasteiger partial charge in [0, 0.05) is 6.54 Å². The molecule has 1 aromatic rings. The number of benzene rings is 1. The van der Waals surface area contributed by atoms with Crippen molar-refractivity contribution in [1.29, 1.82) is 5.26 Å². The zero-order valence-electron chi connectivity index (χ0n) is 8.64. The van der Waals surface area contributed by atoms with E-state index in [-0.39, 0.29) is 11.3 Å². The molecule has 0 amide bonds. The standard InChI is InChI=1S/C11H12F2N2/c1-7(2)6-15-11-9(12)3-8(5-14)4-10(11)13/h3-4,7,15H,6H2,1-2H3. The fraction of sp³-hybridized carbons (Fsp3) is 0.364. The van der Waals surface area contributed by atoms with E-state index in [2.05, 4.69) is 5.32 Å². The molecule has 1 N–H and O–H groups in total. The van der Waals surface area contributed by atoms with Gasteiger partial charge in [0.05, 0.1) is 11.6 Å². The van der Waals surface area contributed by atoms with E-state index in [0.717, 1.165) is 12.1 Å². The van der Waals surface area contributed by atoms with Crippen LogP contribution in [0.3, 0.4) is 0 Å². The number of halogens is 2. The Morgan fingerprint density at radius 1 is 1.33 bits per heavy atom. The Labute approximate surface area is 87.5 Å². The SMILES string of the molecule is CC(C)CNc1c(F)cc(C#N)cc1F. The molecule has 80 valence electrons. The minimum atomic E-state index is -0.729.